The Morgan fingerprint density at radius 3 is 2.83 bits per heavy atom. The van der Waals surface area contributed by atoms with Crippen molar-refractivity contribution in [3.63, 3.8) is 0 Å². The van der Waals surface area contributed by atoms with Crippen LogP contribution in [0.1, 0.15) is 37.4 Å². The molecule has 7 heteroatoms. The third-order valence-corrected chi connectivity index (χ3v) is 4.25. The zero-order valence-corrected chi connectivity index (χ0v) is 13.5. The van der Waals surface area contributed by atoms with Crippen LogP contribution in [0, 0.1) is 0 Å². The topological polar surface area (TPSA) is 89.3 Å². The van der Waals surface area contributed by atoms with Crippen molar-refractivity contribution in [2.45, 2.75) is 44.3 Å². The second kappa shape index (κ2) is 7.92. The summed E-state index contributed by atoms with van der Waals surface area (Å²) in [5.41, 5.74) is 0.761. The van der Waals surface area contributed by atoms with E-state index in [4.69, 9.17) is 4.74 Å². The normalized spacial score (nSPS) is 15.7. The quantitative estimate of drug-likeness (QED) is 0.731. The number of aromatic nitrogens is 3. The summed E-state index contributed by atoms with van der Waals surface area (Å²) in [5, 5.41) is 20.6. The highest BCUT2D eigenvalue weighted by molar-refractivity contribution is 5.73. The lowest BCUT2D eigenvalue weighted by molar-refractivity contribution is -0.139. The third kappa shape index (κ3) is 4.32. The lowest BCUT2D eigenvalue weighted by Gasteiger charge is -2.24. The zero-order chi connectivity index (χ0) is 16.8. The Bertz CT molecular complexity index is 655. The number of carboxylic acids is 1. The Hall–Kier alpha value is -2.41. The minimum atomic E-state index is -0.891. The van der Waals surface area contributed by atoms with Crippen molar-refractivity contribution in [1.29, 1.82) is 0 Å². The second-order valence-electron chi connectivity index (χ2n) is 6.00. The number of hydrogen-bond acceptors (Lipinski definition) is 5. The van der Waals surface area contributed by atoms with Gasteiger partial charge in [0.15, 0.2) is 0 Å². The van der Waals surface area contributed by atoms with E-state index in [9.17, 15) is 9.90 Å². The maximum absolute atomic E-state index is 11.4. The molecule has 1 fully saturated rings. The van der Waals surface area contributed by atoms with Crippen molar-refractivity contribution in [3.05, 3.63) is 42.2 Å². The van der Waals surface area contributed by atoms with E-state index in [0.717, 1.165) is 24.3 Å². The standard InChI is InChI=1S/C17H22N4O3/c22-17(23)16(9-10-24-15-7-2-1-3-8-15)18-11-13-12-21(20-19-13)14-5-4-6-14/h1-3,7-8,12,14,16,18H,4-6,9-11H2,(H,22,23)/t16-/m0/s1. The summed E-state index contributed by atoms with van der Waals surface area (Å²) in [7, 11) is 0. The largest absolute Gasteiger partial charge is 0.494 e. The number of rotatable bonds is 9. The van der Waals surface area contributed by atoms with Crippen LogP contribution in [0.5, 0.6) is 5.75 Å². The number of ether oxygens (including phenoxy) is 1. The smallest absolute Gasteiger partial charge is 0.320 e. The van der Waals surface area contributed by atoms with Gasteiger partial charge in [0.25, 0.3) is 0 Å². The van der Waals surface area contributed by atoms with E-state index in [2.05, 4.69) is 15.6 Å². The molecule has 0 unspecified atom stereocenters. The molecule has 1 aromatic carbocycles. The fourth-order valence-corrected chi connectivity index (χ4v) is 2.58. The van der Waals surface area contributed by atoms with Gasteiger partial charge in [-0.2, -0.15) is 0 Å². The molecule has 2 aromatic rings. The monoisotopic (exact) mass is 330 g/mol. The predicted molar refractivity (Wildman–Crippen MR) is 87.7 cm³/mol. The summed E-state index contributed by atoms with van der Waals surface area (Å²) in [6, 6.07) is 9.15. The van der Waals surface area contributed by atoms with Gasteiger partial charge in [-0.15, -0.1) is 5.10 Å². The van der Waals surface area contributed by atoms with Gasteiger partial charge in [0.2, 0.25) is 0 Å². The molecule has 2 N–H and O–H groups in total. The highest BCUT2D eigenvalue weighted by Crippen LogP contribution is 2.30. The average Bonchev–Trinajstić information content (AvgIpc) is 2.98. The first-order valence-corrected chi connectivity index (χ1v) is 8.27. The first kappa shape index (κ1) is 16.4. The molecule has 1 heterocycles. The third-order valence-electron chi connectivity index (χ3n) is 4.25. The lowest BCUT2D eigenvalue weighted by atomic mass is 9.93. The van der Waals surface area contributed by atoms with Gasteiger partial charge in [0.1, 0.15) is 11.8 Å². The Kier molecular flexibility index (Phi) is 5.43. The van der Waals surface area contributed by atoms with Crippen molar-refractivity contribution in [3.8, 4) is 5.75 Å². The molecule has 0 saturated heterocycles. The SMILES string of the molecule is O=C(O)[C@H](CCOc1ccccc1)NCc1cn(C2CCC2)nn1. The van der Waals surface area contributed by atoms with Gasteiger partial charge in [-0.1, -0.05) is 23.4 Å². The molecule has 24 heavy (non-hydrogen) atoms. The van der Waals surface area contributed by atoms with Crippen LogP contribution in [0.25, 0.3) is 0 Å². The van der Waals surface area contributed by atoms with Crippen molar-refractivity contribution >= 4 is 5.97 Å². The molecular formula is C17H22N4O3. The van der Waals surface area contributed by atoms with Gasteiger partial charge in [-0.25, -0.2) is 4.68 Å². The zero-order valence-electron chi connectivity index (χ0n) is 13.5. The fraction of sp³-hybridized carbons (Fsp3) is 0.471. The molecule has 0 radical (unpaired) electrons. The van der Waals surface area contributed by atoms with Crippen LogP contribution >= 0.6 is 0 Å². The van der Waals surface area contributed by atoms with Crippen LogP contribution in [0.15, 0.2) is 36.5 Å². The number of benzene rings is 1. The summed E-state index contributed by atoms with van der Waals surface area (Å²) in [6.45, 7) is 0.720. The van der Waals surface area contributed by atoms with Crippen LogP contribution in [0.4, 0.5) is 0 Å². The molecule has 1 saturated carbocycles. The number of aliphatic carboxylic acids is 1. The van der Waals surface area contributed by atoms with Gasteiger partial charge < -0.3 is 9.84 Å². The molecule has 128 valence electrons. The van der Waals surface area contributed by atoms with E-state index >= 15 is 0 Å². The lowest BCUT2D eigenvalue weighted by Crippen LogP contribution is -2.37. The summed E-state index contributed by atoms with van der Waals surface area (Å²) >= 11 is 0. The van der Waals surface area contributed by atoms with E-state index in [1.807, 2.05) is 41.2 Å². The Balaban J connectivity index is 1.45. The van der Waals surface area contributed by atoms with Crippen LogP contribution in [-0.4, -0.2) is 38.7 Å². The number of carboxylic acid groups (broad SMARTS) is 1. The predicted octanol–water partition coefficient (Wildman–Crippen LogP) is 2.02. The van der Waals surface area contributed by atoms with Crippen molar-refractivity contribution in [2.24, 2.45) is 0 Å². The van der Waals surface area contributed by atoms with Gasteiger partial charge in [0.05, 0.1) is 24.5 Å². The number of carbonyl (C=O) groups is 1. The fourth-order valence-electron chi connectivity index (χ4n) is 2.58. The summed E-state index contributed by atoms with van der Waals surface area (Å²) in [6.07, 6.45) is 5.80. The molecule has 1 aliphatic carbocycles. The summed E-state index contributed by atoms with van der Waals surface area (Å²) in [4.78, 5) is 11.4. The van der Waals surface area contributed by atoms with Crippen LogP contribution in [-0.2, 0) is 11.3 Å². The molecular weight excluding hydrogens is 308 g/mol. The molecule has 7 nitrogen and oxygen atoms in total. The van der Waals surface area contributed by atoms with E-state index < -0.39 is 12.0 Å². The molecule has 0 bridgehead atoms. The van der Waals surface area contributed by atoms with Crippen molar-refractivity contribution in [1.82, 2.24) is 20.3 Å². The summed E-state index contributed by atoms with van der Waals surface area (Å²) in [5.74, 6) is -0.150. The van der Waals surface area contributed by atoms with E-state index in [-0.39, 0.29) is 0 Å². The molecule has 1 aromatic heterocycles. The van der Waals surface area contributed by atoms with Gasteiger partial charge in [-0.05, 0) is 31.4 Å². The average molecular weight is 330 g/mol. The van der Waals surface area contributed by atoms with Crippen molar-refractivity contribution < 1.29 is 14.6 Å². The van der Waals surface area contributed by atoms with E-state index in [0.29, 0.717) is 25.6 Å². The molecule has 0 spiro atoms. The summed E-state index contributed by atoms with van der Waals surface area (Å²) < 4.78 is 7.44. The minimum Gasteiger partial charge on any atom is -0.494 e. The number of hydrogen-bond donors (Lipinski definition) is 2. The second-order valence-corrected chi connectivity index (χ2v) is 6.00. The van der Waals surface area contributed by atoms with E-state index in [1.54, 1.807) is 0 Å². The number of nitrogens with zero attached hydrogens (tertiary/aromatic N) is 3. The Morgan fingerprint density at radius 2 is 2.17 bits per heavy atom. The van der Waals surface area contributed by atoms with Gasteiger partial charge in [0, 0.05) is 13.0 Å². The van der Waals surface area contributed by atoms with Crippen molar-refractivity contribution in [2.75, 3.05) is 6.61 Å². The molecule has 1 aliphatic rings. The first-order valence-electron chi connectivity index (χ1n) is 8.27. The molecule has 0 aliphatic heterocycles. The number of nitrogens with one attached hydrogen (secondary N) is 1. The van der Waals surface area contributed by atoms with Crippen LogP contribution < -0.4 is 10.1 Å². The highest BCUT2D eigenvalue weighted by Gasteiger charge is 2.21. The highest BCUT2D eigenvalue weighted by atomic mass is 16.5. The number of para-hydroxylation sites is 1. The molecule has 1 atom stereocenters. The minimum absolute atomic E-state index is 0.336. The van der Waals surface area contributed by atoms with Crippen LogP contribution in [0.2, 0.25) is 0 Å². The van der Waals surface area contributed by atoms with Crippen LogP contribution in [0.3, 0.4) is 0 Å². The maximum Gasteiger partial charge on any atom is 0.320 e. The Morgan fingerprint density at radius 1 is 1.38 bits per heavy atom. The van der Waals surface area contributed by atoms with Gasteiger partial charge in [-0.3, -0.25) is 10.1 Å². The van der Waals surface area contributed by atoms with Gasteiger partial charge >= 0.3 is 5.97 Å². The maximum atomic E-state index is 11.4. The Labute approximate surface area is 140 Å². The van der Waals surface area contributed by atoms with E-state index in [1.165, 1.54) is 6.42 Å². The molecule has 3 rings (SSSR count). The molecule has 0 amide bonds. The first-order chi connectivity index (χ1) is 11.7.